The number of hydrogen-bond donors (Lipinski definition) is 0. The quantitative estimate of drug-likeness (QED) is 0.717. The van der Waals surface area contributed by atoms with Gasteiger partial charge in [0.05, 0.1) is 6.04 Å². The van der Waals surface area contributed by atoms with Crippen LogP contribution in [0.15, 0.2) is 36.6 Å². The Morgan fingerprint density at radius 1 is 1.38 bits per heavy atom. The molecule has 5 heteroatoms. The second kappa shape index (κ2) is 8.71. The van der Waals surface area contributed by atoms with Crippen LogP contribution in [-0.2, 0) is 9.53 Å². The molecule has 0 aromatic heterocycles. The molecule has 0 unspecified atom stereocenters. The lowest BCUT2D eigenvalue weighted by molar-refractivity contribution is -0.127. The molecule has 0 radical (unpaired) electrons. The maximum Gasteiger partial charge on any atom is 0.410 e. The van der Waals surface area contributed by atoms with Gasteiger partial charge in [0.2, 0.25) is 5.91 Å². The average molecular weight is 334 g/mol. The maximum absolute atomic E-state index is 12.4. The average Bonchev–Trinajstić information content (AvgIpc) is 2.90. The summed E-state index contributed by atoms with van der Waals surface area (Å²) in [5, 5.41) is 0. The second-order valence-corrected chi connectivity index (χ2v) is 6.93. The first-order valence-electron chi connectivity index (χ1n) is 8.42. The Morgan fingerprint density at radius 3 is 2.54 bits per heavy atom. The molecule has 0 spiro atoms. The van der Waals surface area contributed by atoms with Gasteiger partial charge in [-0.05, 0) is 52.7 Å². The Morgan fingerprint density at radius 2 is 2.04 bits per heavy atom. The molecule has 5 nitrogen and oxygen atoms in total. The number of nitrogens with zero attached hydrogens (tertiary/aromatic N) is 2. The summed E-state index contributed by atoms with van der Waals surface area (Å²) in [6, 6.07) is -0.0396. The van der Waals surface area contributed by atoms with Crippen LogP contribution in [0.3, 0.4) is 0 Å². The van der Waals surface area contributed by atoms with Gasteiger partial charge in [0, 0.05) is 25.7 Å². The first-order valence-corrected chi connectivity index (χ1v) is 8.42. The van der Waals surface area contributed by atoms with E-state index in [0.717, 1.165) is 18.5 Å². The molecule has 1 aliphatic heterocycles. The summed E-state index contributed by atoms with van der Waals surface area (Å²) in [5.41, 5.74) is 0.250. The van der Waals surface area contributed by atoms with E-state index in [1.54, 1.807) is 22.0 Å². The lowest BCUT2D eigenvalue weighted by Gasteiger charge is -2.32. The molecule has 1 saturated heterocycles. The van der Waals surface area contributed by atoms with Gasteiger partial charge in [0.1, 0.15) is 5.60 Å². The van der Waals surface area contributed by atoms with Gasteiger partial charge in [-0.2, -0.15) is 0 Å². The normalized spacial score (nSPS) is 18.8. The van der Waals surface area contributed by atoms with E-state index in [9.17, 15) is 9.59 Å². The number of hydrogen-bond acceptors (Lipinski definition) is 3. The van der Waals surface area contributed by atoms with E-state index in [2.05, 4.69) is 6.58 Å². The third kappa shape index (κ3) is 5.87. The number of carbonyl (C=O) groups excluding carboxylic acids is 2. The summed E-state index contributed by atoms with van der Waals surface area (Å²) in [6.45, 7) is 13.8. The molecular formula is C19H30N2O3. The fraction of sp³-hybridized carbons (Fsp3) is 0.579. The molecular weight excluding hydrogens is 304 g/mol. The highest BCUT2D eigenvalue weighted by atomic mass is 16.6. The van der Waals surface area contributed by atoms with E-state index in [0.29, 0.717) is 13.1 Å². The van der Waals surface area contributed by atoms with Gasteiger partial charge in [-0.15, -0.1) is 0 Å². The zero-order valence-corrected chi connectivity index (χ0v) is 15.5. The number of ether oxygens (including phenoxy) is 1. The van der Waals surface area contributed by atoms with Crippen LogP contribution in [0.2, 0.25) is 0 Å². The van der Waals surface area contributed by atoms with Crippen molar-refractivity contribution in [2.24, 2.45) is 0 Å². The summed E-state index contributed by atoms with van der Waals surface area (Å²) in [7, 11) is 0. The molecule has 1 aliphatic rings. The molecule has 0 aromatic rings. The Kier molecular flexibility index (Phi) is 7.26. The van der Waals surface area contributed by atoms with Crippen molar-refractivity contribution in [3.63, 3.8) is 0 Å². The van der Waals surface area contributed by atoms with Crippen LogP contribution in [0.1, 0.15) is 47.5 Å². The molecule has 0 saturated carbocycles. The van der Waals surface area contributed by atoms with E-state index in [4.69, 9.17) is 4.74 Å². The van der Waals surface area contributed by atoms with Crippen molar-refractivity contribution in [2.75, 3.05) is 13.1 Å². The van der Waals surface area contributed by atoms with Crippen molar-refractivity contribution in [2.45, 2.75) is 59.1 Å². The summed E-state index contributed by atoms with van der Waals surface area (Å²) in [5.74, 6) is -0.0581. The van der Waals surface area contributed by atoms with Crippen molar-refractivity contribution < 1.29 is 14.3 Å². The Bertz CT molecular complexity index is 529. The maximum atomic E-state index is 12.4. The third-order valence-electron chi connectivity index (χ3n) is 3.72. The highest BCUT2D eigenvalue weighted by molar-refractivity contribution is 5.76. The fourth-order valence-corrected chi connectivity index (χ4v) is 2.74. The lowest BCUT2D eigenvalue weighted by atomic mass is 10.2. The number of rotatable bonds is 5. The molecule has 134 valence electrons. The van der Waals surface area contributed by atoms with Crippen molar-refractivity contribution in [1.82, 2.24) is 9.80 Å². The SMILES string of the molecule is C=C/C=C(\C=C/C)N(C[C@@H]1CCCN1C(=O)OC(C)(C)C)C(C)=O. The third-order valence-corrected chi connectivity index (χ3v) is 3.72. The van der Waals surface area contributed by atoms with Crippen LogP contribution in [0.4, 0.5) is 4.79 Å². The number of allylic oxidation sites excluding steroid dienone is 4. The number of likely N-dealkylation sites (tertiary alicyclic amines) is 1. The minimum absolute atomic E-state index is 0.0396. The first kappa shape index (κ1) is 20.0. The van der Waals surface area contributed by atoms with E-state index in [-0.39, 0.29) is 18.0 Å². The molecule has 1 rings (SSSR count). The largest absolute Gasteiger partial charge is 0.444 e. The monoisotopic (exact) mass is 334 g/mol. The van der Waals surface area contributed by atoms with Crippen LogP contribution >= 0.6 is 0 Å². The topological polar surface area (TPSA) is 49.9 Å². The van der Waals surface area contributed by atoms with Gasteiger partial charge in [0.25, 0.3) is 0 Å². The van der Waals surface area contributed by atoms with Gasteiger partial charge in [-0.1, -0.05) is 18.7 Å². The van der Waals surface area contributed by atoms with Crippen molar-refractivity contribution in [3.8, 4) is 0 Å². The van der Waals surface area contributed by atoms with Crippen molar-refractivity contribution >= 4 is 12.0 Å². The van der Waals surface area contributed by atoms with Gasteiger partial charge >= 0.3 is 6.09 Å². The van der Waals surface area contributed by atoms with Crippen molar-refractivity contribution in [3.05, 3.63) is 36.6 Å². The minimum Gasteiger partial charge on any atom is -0.444 e. The summed E-state index contributed by atoms with van der Waals surface area (Å²) in [4.78, 5) is 27.9. The van der Waals surface area contributed by atoms with Gasteiger partial charge < -0.3 is 14.5 Å². The summed E-state index contributed by atoms with van der Waals surface area (Å²) in [6.07, 6.45) is 8.68. The Hall–Kier alpha value is -2.04. The minimum atomic E-state index is -0.524. The molecule has 0 aliphatic carbocycles. The molecule has 0 aromatic carbocycles. The lowest BCUT2D eigenvalue weighted by Crippen LogP contribution is -2.46. The molecule has 0 bridgehead atoms. The first-order chi connectivity index (χ1) is 11.2. The predicted octanol–water partition coefficient (Wildman–Crippen LogP) is 3.88. The van der Waals surface area contributed by atoms with E-state index in [1.807, 2.05) is 39.8 Å². The Labute approximate surface area is 145 Å². The van der Waals surface area contributed by atoms with E-state index in [1.165, 1.54) is 6.92 Å². The van der Waals surface area contributed by atoms with Crippen LogP contribution in [-0.4, -0.2) is 46.5 Å². The van der Waals surface area contributed by atoms with Crippen LogP contribution < -0.4 is 0 Å². The highest BCUT2D eigenvalue weighted by Crippen LogP contribution is 2.23. The molecule has 1 fully saturated rings. The molecule has 1 heterocycles. The van der Waals surface area contributed by atoms with Gasteiger partial charge in [0.15, 0.2) is 0 Å². The summed E-state index contributed by atoms with van der Waals surface area (Å²) >= 11 is 0. The smallest absolute Gasteiger partial charge is 0.410 e. The zero-order chi connectivity index (χ0) is 18.3. The van der Waals surface area contributed by atoms with Crippen molar-refractivity contribution in [1.29, 1.82) is 0 Å². The molecule has 2 amide bonds. The number of amides is 2. The molecule has 24 heavy (non-hydrogen) atoms. The summed E-state index contributed by atoms with van der Waals surface area (Å²) < 4.78 is 5.49. The van der Waals surface area contributed by atoms with E-state index >= 15 is 0 Å². The molecule has 0 N–H and O–H groups in total. The van der Waals surface area contributed by atoms with Crippen LogP contribution in [0.5, 0.6) is 0 Å². The predicted molar refractivity (Wildman–Crippen MR) is 96.4 cm³/mol. The van der Waals surface area contributed by atoms with E-state index < -0.39 is 5.60 Å². The van der Waals surface area contributed by atoms with Gasteiger partial charge in [-0.25, -0.2) is 4.79 Å². The Balaban J connectivity index is 2.93. The second-order valence-electron chi connectivity index (χ2n) is 6.93. The van der Waals surface area contributed by atoms with Crippen LogP contribution in [0, 0.1) is 0 Å². The number of carbonyl (C=O) groups is 2. The zero-order valence-electron chi connectivity index (χ0n) is 15.5. The fourth-order valence-electron chi connectivity index (χ4n) is 2.74. The highest BCUT2D eigenvalue weighted by Gasteiger charge is 2.34. The molecule has 1 atom stereocenters. The standard InChI is InChI=1S/C19H30N2O3/c1-7-10-16(11-8-2)21(15(3)22)14-17-12-9-13-20(17)18(23)24-19(4,5)6/h7-8,10-11,17H,1,9,12-14H2,2-6H3/b11-8-,16-10+/t17-/m0/s1. The van der Waals surface area contributed by atoms with Gasteiger partial charge in [-0.3, -0.25) is 4.79 Å². The van der Waals surface area contributed by atoms with Crippen LogP contribution in [0.25, 0.3) is 0 Å².